The molecular formula is C17H32N2O3S. The van der Waals surface area contributed by atoms with E-state index in [1.165, 1.54) is 38.5 Å². The number of hydrogen-bond donors (Lipinski definition) is 3. The molecule has 1 atom stereocenters. The summed E-state index contributed by atoms with van der Waals surface area (Å²) in [5, 5.41) is 7.08. The van der Waals surface area contributed by atoms with Crippen LogP contribution in [0, 0.1) is 17.8 Å². The Bertz CT molecular complexity index is 503. The van der Waals surface area contributed by atoms with Crippen molar-refractivity contribution in [2.24, 2.45) is 17.8 Å². The smallest absolute Gasteiger partial charge is 0.266 e. The lowest BCUT2D eigenvalue weighted by Gasteiger charge is -2.58. The number of hydrogen-bond acceptors (Lipinski definition) is 4. The minimum absolute atomic E-state index is 0.0688. The summed E-state index contributed by atoms with van der Waals surface area (Å²) in [6.45, 7) is 6.78. The fourth-order valence-electron chi connectivity index (χ4n) is 5.56. The lowest BCUT2D eigenvalue weighted by Crippen LogP contribution is -2.63. The SMILES string of the molecule is CC(C)(C)NCC(CS(=O)(=O)O)NC12CC3CC(CC(C3)C1)C2. The van der Waals surface area contributed by atoms with E-state index in [0.29, 0.717) is 6.54 Å². The average Bonchev–Trinajstić information content (AvgIpc) is 2.31. The predicted octanol–water partition coefficient (Wildman–Crippen LogP) is 2.19. The third-order valence-corrected chi connectivity index (χ3v) is 6.66. The first-order chi connectivity index (χ1) is 10.5. The zero-order valence-corrected chi connectivity index (χ0v) is 15.5. The van der Waals surface area contributed by atoms with E-state index in [1.807, 2.05) is 0 Å². The second kappa shape index (κ2) is 5.97. The standard InChI is InChI=1S/C17H32N2O3S/c1-16(2,3)18-10-15(11-23(20,21)22)19-17-7-12-4-13(8-17)6-14(5-12)9-17/h12-15,18-19H,4-11H2,1-3H3,(H,20,21,22). The van der Waals surface area contributed by atoms with Crippen molar-refractivity contribution in [1.29, 1.82) is 0 Å². The monoisotopic (exact) mass is 344 g/mol. The van der Waals surface area contributed by atoms with Crippen LogP contribution < -0.4 is 10.6 Å². The molecule has 4 fully saturated rings. The maximum Gasteiger partial charge on any atom is 0.266 e. The van der Waals surface area contributed by atoms with Crippen LogP contribution in [0.3, 0.4) is 0 Å². The highest BCUT2D eigenvalue weighted by Crippen LogP contribution is 2.55. The van der Waals surface area contributed by atoms with E-state index >= 15 is 0 Å². The van der Waals surface area contributed by atoms with Crippen molar-refractivity contribution >= 4 is 10.1 Å². The van der Waals surface area contributed by atoms with Crippen LogP contribution in [0.5, 0.6) is 0 Å². The molecule has 4 saturated carbocycles. The third kappa shape index (κ3) is 4.68. The molecule has 23 heavy (non-hydrogen) atoms. The summed E-state index contributed by atoms with van der Waals surface area (Å²) in [7, 11) is -3.98. The fourth-order valence-corrected chi connectivity index (χ4v) is 6.27. The molecule has 0 heterocycles. The minimum Gasteiger partial charge on any atom is -0.310 e. The molecule has 0 saturated heterocycles. The Morgan fingerprint density at radius 1 is 1.09 bits per heavy atom. The molecule has 1 unspecified atom stereocenters. The van der Waals surface area contributed by atoms with Crippen LogP contribution in [0.15, 0.2) is 0 Å². The van der Waals surface area contributed by atoms with Gasteiger partial charge in [-0.2, -0.15) is 8.42 Å². The van der Waals surface area contributed by atoms with Crippen molar-refractivity contribution < 1.29 is 13.0 Å². The summed E-state index contributed by atoms with van der Waals surface area (Å²) >= 11 is 0. The molecule has 4 bridgehead atoms. The van der Waals surface area contributed by atoms with Crippen molar-refractivity contribution in [2.45, 2.75) is 76.4 Å². The Labute approximate surface area is 140 Å². The third-order valence-electron chi connectivity index (χ3n) is 5.84. The van der Waals surface area contributed by atoms with Crippen LogP contribution in [0.4, 0.5) is 0 Å². The maximum absolute atomic E-state index is 11.4. The molecule has 6 heteroatoms. The van der Waals surface area contributed by atoms with Gasteiger partial charge in [0.05, 0.1) is 5.75 Å². The highest BCUT2D eigenvalue weighted by molar-refractivity contribution is 7.85. The van der Waals surface area contributed by atoms with Crippen molar-refractivity contribution in [1.82, 2.24) is 10.6 Å². The van der Waals surface area contributed by atoms with E-state index < -0.39 is 10.1 Å². The molecule has 4 aliphatic carbocycles. The lowest BCUT2D eigenvalue weighted by molar-refractivity contribution is -0.0243. The summed E-state index contributed by atoms with van der Waals surface area (Å²) in [5.74, 6) is 2.24. The van der Waals surface area contributed by atoms with Crippen molar-refractivity contribution in [3.05, 3.63) is 0 Å². The van der Waals surface area contributed by atoms with Gasteiger partial charge in [0.2, 0.25) is 0 Å². The van der Waals surface area contributed by atoms with Crippen LogP contribution in [0.2, 0.25) is 0 Å². The van der Waals surface area contributed by atoms with Gasteiger partial charge in [-0.05, 0) is 77.0 Å². The summed E-state index contributed by atoms with van der Waals surface area (Å²) in [4.78, 5) is 0. The van der Waals surface area contributed by atoms with Gasteiger partial charge in [0, 0.05) is 23.7 Å². The zero-order chi connectivity index (χ0) is 16.9. The normalized spacial score (nSPS) is 38.0. The Morgan fingerprint density at radius 2 is 1.57 bits per heavy atom. The molecule has 4 aliphatic rings. The van der Waals surface area contributed by atoms with E-state index in [0.717, 1.165) is 17.8 Å². The van der Waals surface area contributed by atoms with Crippen molar-refractivity contribution in [2.75, 3.05) is 12.3 Å². The van der Waals surface area contributed by atoms with Gasteiger partial charge in [-0.15, -0.1) is 0 Å². The van der Waals surface area contributed by atoms with Gasteiger partial charge in [0.15, 0.2) is 0 Å². The van der Waals surface area contributed by atoms with E-state index in [4.69, 9.17) is 0 Å². The molecule has 0 aliphatic heterocycles. The first-order valence-electron chi connectivity index (χ1n) is 9.00. The summed E-state index contributed by atoms with van der Waals surface area (Å²) in [5.41, 5.74) is 0.0320. The Kier molecular flexibility index (Phi) is 4.58. The zero-order valence-electron chi connectivity index (χ0n) is 14.6. The van der Waals surface area contributed by atoms with Crippen LogP contribution >= 0.6 is 0 Å². The van der Waals surface area contributed by atoms with Gasteiger partial charge in [-0.25, -0.2) is 0 Å². The molecule has 3 N–H and O–H groups in total. The van der Waals surface area contributed by atoms with Gasteiger partial charge in [-0.3, -0.25) is 4.55 Å². The molecule has 5 nitrogen and oxygen atoms in total. The largest absolute Gasteiger partial charge is 0.310 e. The summed E-state index contributed by atoms with van der Waals surface area (Å²) in [6.07, 6.45) is 7.63. The minimum atomic E-state index is -3.98. The predicted molar refractivity (Wildman–Crippen MR) is 92.0 cm³/mol. The van der Waals surface area contributed by atoms with Gasteiger partial charge < -0.3 is 10.6 Å². The maximum atomic E-state index is 11.4. The van der Waals surface area contributed by atoms with E-state index in [9.17, 15) is 13.0 Å². The fraction of sp³-hybridized carbons (Fsp3) is 1.00. The number of rotatable bonds is 6. The van der Waals surface area contributed by atoms with Crippen LogP contribution in [0.25, 0.3) is 0 Å². The second-order valence-electron chi connectivity index (χ2n) is 9.42. The molecule has 0 amide bonds. The van der Waals surface area contributed by atoms with Gasteiger partial charge in [0.25, 0.3) is 10.1 Å². The Balaban J connectivity index is 1.70. The number of nitrogens with one attached hydrogen (secondary N) is 2. The van der Waals surface area contributed by atoms with Gasteiger partial charge >= 0.3 is 0 Å². The van der Waals surface area contributed by atoms with E-state index in [-0.39, 0.29) is 22.9 Å². The highest BCUT2D eigenvalue weighted by Gasteiger charge is 2.51. The Morgan fingerprint density at radius 3 is 1.96 bits per heavy atom. The molecule has 0 aromatic carbocycles. The van der Waals surface area contributed by atoms with E-state index in [1.54, 1.807) is 0 Å². The van der Waals surface area contributed by atoms with Crippen molar-refractivity contribution in [3.63, 3.8) is 0 Å². The van der Waals surface area contributed by atoms with E-state index in [2.05, 4.69) is 31.4 Å². The van der Waals surface area contributed by atoms with Gasteiger partial charge in [-0.1, -0.05) is 0 Å². The lowest BCUT2D eigenvalue weighted by atomic mass is 9.53. The first-order valence-corrected chi connectivity index (χ1v) is 10.6. The molecule has 134 valence electrons. The average molecular weight is 345 g/mol. The molecule has 0 aromatic heterocycles. The quantitative estimate of drug-likeness (QED) is 0.644. The molecule has 0 radical (unpaired) electrons. The molecule has 4 rings (SSSR count). The molecular weight excluding hydrogens is 312 g/mol. The summed E-state index contributed by atoms with van der Waals surface area (Å²) in [6, 6.07) is -0.236. The summed E-state index contributed by atoms with van der Waals surface area (Å²) < 4.78 is 32.2. The van der Waals surface area contributed by atoms with Crippen LogP contribution in [-0.4, -0.2) is 42.4 Å². The highest BCUT2D eigenvalue weighted by atomic mass is 32.2. The topological polar surface area (TPSA) is 78.4 Å². The molecule has 0 aromatic rings. The second-order valence-corrected chi connectivity index (χ2v) is 10.9. The first kappa shape index (κ1) is 17.6. The van der Waals surface area contributed by atoms with Crippen molar-refractivity contribution in [3.8, 4) is 0 Å². The van der Waals surface area contributed by atoms with Crippen LogP contribution in [0.1, 0.15) is 59.3 Å². The Hall–Kier alpha value is -0.170. The van der Waals surface area contributed by atoms with Crippen LogP contribution in [-0.2, 0) is 10.1 Å². The van der Waals surface area contributed by atoms with Gasteiger partial charge in [0.1, 0.15) is 0 Å². The molecule has 0 spiro atoms.